The van der Waals surface area contributed by atoms with Crippen molar-refractivity contribution in [2.75, 3.05) is 20.1 Å². The Kier molecular flexibility index (Phi) is 5.19. The number of halogens is 4. The van der Waals surface area contributed by atoms with Crippen LogP contribution in [0.25, 0.3) is 0 Å². The minimum atomic E-state index is -4.56. The van der Waals surface area contributed by atoms with Gasteiger partial charge in [0.2, 0.25) is 10.0 Å². The molecule has 0 aliphatic rings. The second kappa shape index (κ2) is 6.08. The largest absolute Gasteiger partial charge is 0.416 e. The van der Waals surface area contributed by atoms with E-state index in [0.717, 1.165) is 6.07 Å². The van der Waals surface area contributed by atoms with Crippen LogP contribution >= 0.6 is 11.6 Å². The van der Waals surface area contributed by atoms with Gasteiger partial charge in [-0.3, -0.25) is 0 Å². The first-order valence-corrected chi connectivity index (χ1v) is 7.05. The normalized spacial score (nSPS) is 12.7. The van der Waals surface area contributed by atoms with Crippen molar-refractivity contribution in [1.82, 2.24) is 10.0 Å². The van der Waals surface area contributed by atoms with Gasteiger partial charge in [-0.25, -0.2) is 13.1 Å². The SMILES string of the molecule is CNCCNS(=O)(=O)c1ccc(C(F)(F)F)cc1Cl. The van der Waals surface area contributed by atoms with E-state index in [9.17, 15) is 21.6 Å². The van der Waals surface area contributed by atoms with E-state index in [1.807, 2.05) is 0 Å². The van der Waals surface area contributed by atoms with Gasteiger partial charge in [-0.1, -0.05) is 11.6 Å². The molecule has 0 atom stereocenters. The Morgan fingerprint density at radius 1 is 1.26 bits per heavy atom. The van der Waals surface area contributed by atoms with Gasteiger partial charge < -0.3 is 5.32 Å². The van der Waals surface area contributed by atoms with E-state index >= 15 is 0 Å². The molecule has 1 aromatic carbocycles. The number of sulfonamides is 1. The molecule has 4 nitrogen and oxygen atoms in total. The van der Waals surface area contributed by atoms with Crippen LogP contribution in [0.3, 0.4) is 0 Å². The summed E-state index contributed by atoms with van der Waals surface area (Å²) in [4.78, 5) is -0.377. The van der Waals surface area contributed by atoms with E-state index in [1.165, 1.54) is 0 Å². The third kappa shape index (κ3) is 4.34. The molecule has 1 aromatic rings. The lowest BCUT2D eigenvalue weighted by Gasteiger charge is -2.11. The molecule has 0 spiro atoms. The van der Waals surface area contributed by atoms with E-state index in [0.29, 0.717) is 18.7 Å². The smallest absolute Gasteiger partial charge is 0.318 e. The highest BCUT2D eigenvalue weighted by Crippen LogP contribution is 2.33. The molecule has 108 valence electrons. The topological polar surface area (TPSA) is 58.2 Å². The first-order chi connectivity index (χ1) is 8.68. The van der Waals surface area contributed by atoms with Gasteiger partial charge in [0.15, 0.2) is 0 Å². The molecule has 0 aliphatic carbocycles. The number of alkyl halides is 3. The van der Waals surface area contributed by atoms with Gasteiger partial charge in [0.25, 0.3) is 0 Å². The van der Waals surface area contributed by atoms with Crippen molar-refractivity contribution in [1.29, 1.82) is 0 Å². The van der Waals surface area contributed by atoms with E-state index < -0.39 is 26.8 Å². The van der Waals surface area contributed by atoms with Gasteiger partial charge in [-0.15, -0.1) is 0 Å². The summed E-state index contributed by atoms with van der Waals surface area (Å²) in [5, 5.41) is 2.26. The lowest BCUT2D eigenvalue weighted by atomic mass is 10.2. The molecular weight excluding hydrogens is 305 g/mol. The lowest BCUT2D eigenvalue weighted by Crippen LogP contribution is -2.30. The van der Waals surface area contributed by atoms with E-state index in [2.05, 4.69) is 10.0 Å². The third-order valence-corrected chi connectivity index (χ3v) is 4.16. The summed E-state index contributed by atoms with van der Waals surface area (Å²) in [5.41, 5.74) is -0.994. The van der Waals surface area contributed by atoms with Crippen molar-refractivity contribution in [2.45, 2.75) is 11.1 Å². The zero-order valence-corrected chi connectivity index (χ0v) is 11.5. The van der Waals surface area contributed by atoms with Gasteiger partial charge >= 0.3 is 6.18 Å². The van der Waals surface area contributed by atoms with Gasteiger partial charge in [-0.05, 0) is 25.2 Å². The second-order valence-electron chi connectivity index (χ2n) is 3.64. The molecule has 0 saturated carbocycles. The molecule has 0 saturated heterocycles. The van der Waals surface area contributed by atoms with E-state index in [1.54, 1.807) is 7.05 Å². The molecule has 0 aliphatic heterocycles. The number of rotatable bonds is 5. The number of likely N-dealkylation sites (N-methyl/N-ethyl adjacent to an activating group) is 1. The van der Waals surface area contributed by atoms with Crippen LogP contribution in [0.4, 0.5) is 13.2 Å². The molecule has 2 N–H and O–H groups in total. The first-order valence-electron chi connectivity index (χ1n) is 5.19. The number of hydrogen-bond donors (Lipinski definition) is 2. The number of nitrogens with one attached hydrogen (secondary N) is 2. The van der Waals surface area contributed by atoms with Crippen molar-refractivity contribution in [2.24, 2.45) is 0 Å². The highest BCUT2D eigenvalue weighted by molar-refractivity contribution is 7.89. The Bertz CT molecular complexity index is 546. The van der Waals surface area contributed by atoms with Gasteiger partial charge in [0.1, 0.15) is 4.90 Å². The van der Waals surface area contributed by atoms with Crippen LogP contribution in [0.15, 0.2) is 23.1 Å². The summed E-state index contributed by atoms with van der Waals surface area (Å²) in [6.07, 6.45) is -4.56. The summed E-state index contributed by atoms with van der Waals surface area (Å²) in [6.45, 7) is 0.494. The van der Waals surface area contributed by atoms with Crippen LogP contribution in [0.1, 0.15) is 5.56 Å². The van der Waals surface area contributed by atoms with Crippen molar-refractivity contribution in [3.05, 3.63) is 28.8 Å². The molecule has 0 bridgehead atoms. The van der Waals surface area contributed by atoms with Crippen LogP contribution in [-0.4, -0.2) is 28.6 Å². The average Bonchev–Trinajstić information content (AvgIpc) is 2.27. The Hall–Kier alpha value is -0.830. The van der Waals surface area contributed by atoms with Gasteiger partial charge in [-0.2, -0.15) is 13.2 Å². The minimum Gasteiger partial charge on any atom is -0.318 e. The summed E-state index contributed by atoms with van der Waals surface area (Å²) < 4.78 is 63.0. The fraction of sp³-hybridized carbons (Fsp3) is 0.400. The quantitative estimate of drug-likeness (QED) is 0.815. The second-order valence-corrected chi connectivity index (χ2v) is 5.79. The van der Waals surface area contributed by atoms with Crippen molar-refractivity contribution < 1.29 is 21.6 Å². The Morgan fingerprint density at radius 3 is 2.37 bits per heavy atom. The molecule has 0 heterocycles. The predicted molar refractivity (Wildman–Crippen MR) is 65.6 cm³/mol. The van der Waals surface area contributed by atoms with Crippen LogP contribution in [0.2, 0.25) is 5.02 Å². The first kappa shape index (κ1) is 16.2. The molecular formula is C10H12ClF3N2O2S. The molecule has 0 aromatic heterocycles. The third-order valence-electron chi connectivity index (χ3n) is 2.22. The molecule has 19 heavy (non-hydrogen) atoms. The van der Waals surface area contributed by atoms with Crippen LogP contribution in [0.5, 0.6) is 0 Å². The van der Waals surface area contributed by atoms with E-state index in [-0.39, 0.29) is 11.4 Å². The summed E-state index contributed by atoms with van der Waals surface area (Å²) in [5.74, 6) is 0. The number of hydrogen-bond acceptors (Lipinski definition) is 3. The summed E-state index contributed by atoms with van der Waals surface area (Å²) in [6, 6.07) is 2.11. The molecule has 0 amide bonds. The zero-order valence-electron chi connectivity index (χ0n) is 9.88. The Labute approximate surface area is 114 Å². The van der Waals surface area contributed by atoms with Crippen molar-refractivity contribution >= 4 is 21.6 Å². The monoisotopic (exact) mass is 316 g/mol. The maximum atomic E-state index is 12.4. The lowest BCUT2D eigenvalue weighted by molar-refractivity contribution is -0.137. The van der Waals surface area contributed by atoms with Crippen molar-refractivity contribution in [3.63, 3.8) is 0 Å². The fourth-order valence-corrected chi connectivity index (χ4v) is 2.86. The van der Waals surface area contributed by atoms with Gasteiger partial charge in [0, 0.05) is 13.1 Å². The average molecular weight is 317 g/mol. The van der Waals surface area contributed by atoms with Gasteiger partial charge in [0.05, 0.1) is 10.6 Å². The van der Waals surface area contributed by atoms with Crippen LogP contribution in [0, 0.1) is 0 Å². The highest BCUT2D eigenvalue weighted by atomic mass is 35.5. The number of benzene rings is 1. The summed E-state index contributed by atoms with van der Waals surface area (Å²) in [7, 11) is -2.28. The maximum absolute atomic E-state index is 12.4. The van der Waals surface area contributed by atoms with Crippen molar-refractivity contribution in [3.8, 4) is 0 Å². The summed E-state index contributed by atoms with van der Waals surface area (Å²) >= 11 is 5.60. The molecule has 1 rings (SSSR count). The molecule has 9 heteroatoms. The maximum Gasteiger partial charge on any atom is 0.416 e. The Balaban J connectivity index is 3.03. The molecule has 0 unspecified atom stereocenters. The van der Waals surface area contributed by atoms with Crippen LogP contribution < -0.4 is 10.0 Å². The van der Waals surface area contributed by atoms with E-state index in [4.69, 9.17) is 11.6 Å². The van der Waals surface area contributed by atoms with Crippen LogP contribution in [-0.2, 0) is 16.2 Å². The Morgan fingerprint density at radius 2 is 1.89 bits per heavy atom. The molecule has 0 radical (unpaired) electrons. The minimum absolute atomic E-state index is 0.107. The fourth-order valence-electron chi connectivity index (χ4n) is 1.28. The zero-order chi connectivity index (χ0) is 14.7. The highest BCUT2D eigenvalue weighted by Gasteiger charge is 2.32. The predicted octanol–water partition coefficient (Wildman–Crippen LogP) is 1.86. The standard InChI is InChI=1S/C10H12ClF3N2O2S/c1-15-4-5-16-19(17,18)9-3-2-7(6-8(9)11)10(12,13)14/h2-3,6,15-16H,4-5H2,1H3. The molecule has 0 fully saturated rings.